The summed E-state index contributed by atoms with van der Waals surface area (Å²) in [7, 11) is 0. The van der Waals surface area contributed by atoms with Crippen molar-refractivity contribution in [1.82, 2.24) is 0 Å². The SMILES string of the molecule is CCC(=O)C1=C(O)C(=O)N(c2cccc(F)c2)C1c1ccc(Cl)cc1. The van der Waals surface area contributed by atoms with Gasteiger partial charge in [-0.05, 0) is 35.9 Å². The van der Waals surface area contributed by atoms with Gasteiger partial charge < -0.3 is 5.11 Å². The Morgan fingerprint density at radius 1 is 1.24 bits per heavy atom. The molecule has 0 spiro atoms. The van der Waals surface area contributed by atoms with E-state index in [9.17, 15) is 19.1 Å². The van der Waals surface area contributed by atoms with E-state index >= 15 is 0 Å². The number of carbonyl (C=O) groups excluding carboxylic acids is 2. The van der Waals surface area contributed by atoms with Crippen molar-refractivity contribution in [2.75, 3.05) is 4.90 Å². The number of aliphatic hydroxyl groups is 1. The largest absolute Gasteiger partial charge is 0.503 e. The number of hydrogen-bond acceptors (Lipinski definition) is 3. The van der Waals surface area contributed by atoms with Crippen LogP contribution in [0.5, 0.6) is 0 Å². The molecule has 4 nitrogen and oxygen atoms in total. The Bertz CT molecular complexity index is 876. The van der Waals surface area contributed by atoms with Crippen molar-refractivity contribution in [1.29, 1.82) is 0 Å². The number of hydrogen-bond donors (Lipinski definition) is 1. The summed E-state index contributed by atoms with van der Waals surface area (Å²) in [6, 6.07) is 11.2. The minimum absolute atomic E-state index is 0.0130. The second-order valence-corrected chi connectivity index (χ2v) is 6.08. The summed E-state index contributed by atoms with van der Waals surface area (Å²) >= 11 is 5.92. The highest BCUT2D eigenvalue weighted by Crippen LogP contribution is 2.41. The van der Waals surface area contributed by atoms with E-state index in [2.05, 4.69) is 0 Å². The van der Waals surface area contributed by atoms with Gasteiger partial charge in [0.15, 0.2) is 11.5 Å². The first kappa shape index (κ1) is 17.2. The number of anilines is 1. The molecule has 1 unspecified atom stereocenters. The Morgan fingerprint density at radius 2 is 1.92 bits per heavy atom. The zero-order valence-electron chi connectivity index (χ0n) is 13.4. The molecule has 1 atom stereocenters. The average Bonchev–Trinajstić information content (AvgIpc) is 2.86. The van der Waals surface area contributed by atoms with E-state index in [1.165, 1.54) is 23.1 Å². The van der Waals surface area contributed by atoms with Gasteiger partial charge in [0.2, 0.25) is 0 Å². The molecule has 6 heteroatoms. The maximum absolute atomic E-state index is 13.7. The summed E-state index contributed by atoms with van der Waals surface area (Å²) in [4.78, 5) is 26.2. The smallest absolute Gasteiger partial charge is 0.294 e. The molecule has 0 saturated carbocycles. The fourth-order valence-electron chi connectivity index (χ4n) is 2.93. The van der Waals surface area contributed by atoms with Gasteiger partial charge in [-0.15, -0.1) is 0 Å². The van der Waals surface area contributed by atoms with Gasteiger partial charge in [-0.3, -0.25) is 14.5 Å². The topological polar surface area (TPSA) is 57.6 Å². The third-order valence-electron chi connectivity index (χ3n) is 4.10. The second kappa shape index (κ2) is 6.69. The molecule has 0 fully saturated rings. The van der Waals surface area contributed by atoms with Crippen LogP contribution in [0.3, 0.4) is 0 Å². The van der Waals surface area contributed by atoms with Crippen LogP contribution < -0.4 is 4.90 Å². The molecule has 25 heavy (non-hydrogen) atoms. The van der Waals surface area contributed by atoms with Crippen LogP contribution in [-0.2, 0) is 9.59 Å². The van der Waals surface area contributed by atoms with Crippen LogP contribution in [0.15, 0.2) is 59.9 Å². The van der Waals surface area contributed by atoms with Crippen LogP contribution in [0.4, 0.5) is 10.1 Å². The number of nitrogens with zero attached hydrogens (tertiary/aromatic N) is 1. The Labute approximate surface area is 149 Å². The van der Waals surface area contributed by atoms with E-state index in [0.29, 0.717) is 10.6 Å². The Morgan fingerprint density at radius 3 is 2.52 bits per heavy atom. The zero-order chi connectivity index (χ0) is 18.1. The highest BCUT2D eigenvalue weighted by atomic mass is 35.5. The molecule has 1 aliphatic rings. The summed E-state index contributed by atoms with van der Waals surface area (Å²) in [6.07, 6.45) is 0.133. The minimum atomic E-state index is -0.834. The third-order valence-corrected chi connectivity index (χ3v) is 4.35. The molecule has 0 saturated heterocycles. The molecule has 0 aromatic heterocycles. The van der Waals surface area contributed by atoms with Crippen LogP contribution in [0, 0.1) is 5.82 Å². The number of amides is 1. The number of aliphatic hydroxyl groups excluding tert-OH is 1. The minimum Gasteiger partial charge on any atom is -0.503 e. The molecule has 128 valence electrons. The van der Waals surface area contributed by atoms with Crippen molar-refractivity contribution in [3.05, 3.63) is 76.3 Å². The third kappa shape index (κ3) is 3.03. The summed E-state index contributed by atoms with van der Waals surface area (Å²) in [5.41, 5.74) is 0.873. The number of benzene rings is 2. The second-order valence-electron chi connectivity index (χ2n) is 5.65. The predicted octanol–water partition coefficient (Wildman–Crippen LogP) is 4.36. The fraction of sp³-hybridized carbons (Fsp3) is 0.158. The van der Waals surface area contributed by atoms with Crippen molar-refractivity contribution in [3.63, 3.8) is 0 Å². The van der Waals surface area contributed by atoms with E-state index in [1.54, 1.807) is 37.3 Å². The van der Waals surface area contributed by atoms with Crippen LogP contribution >= 0.6 is 11.6 Å². The normalized spacial score (nSPS) is 17.3. The van der Waals surface area contributed by atoms with E-state index in [0.717, 1.165) is 0 Å². The lowest BCUT2D eigenvalue weighted by Crippen LogP contribution is -2.31. The first-order valence-corrected chi connectivity index (χ1v) is 8.12. The summed E-state index contributed by atoms with van der Waals surface area (Å²) in [5, 5.41) is 10.8. The van der Waals surface area contributed by atoms with Crippen LogP contribution in [0.2, 0.25) is 5.02 Å². The summed E-state index contributed by atoms with van der Waals surface area (Å²) in [5.74, 6) is -2.20. The van der Waals surface area contributed by atoms with Crippen molar-refractivity contribution < 1.29 is 19.1 Å². The molecule has 2 aromatic rings. The predicted molar refractivity (Wildman–Crippen MR) is 93.0 cm³/mol. The lowest BCUT2D eigenvalue weighted by molar-refractivity contribution is -0.118. The molecular formula is C19H15ClFNO3. The van der Waals surface area contributed by atoms with E-state index in [4.69, 9.17) is 11.6 Å². The van der Waals surface area contributed by atoms with Crippen molar-refractivity contribution in [3.8, 4) is 0 Å². The van der Waals surface area contributed by atoms with Crippen LogP contribution in [0.25, 0.3) is 0 Å². The maximum Gasteiger partial charge on any atom is 0.294 e. The van der Waals surface area contributed by atoms with Gasteiger partial charge in [0.25, 0.3) is 5.91 Å². The van der Waals surface area contributed by atoms with Crippen molar-refractivity contribution in [2.45, 2.75) is 19.4 Å². The lowest BCUT2D eigenvalue weighted by Gasteiger charge is -2.27. The molecule has 1 amide bonds. The molecule has 0 aliphatic carbocycles. The fourth-order valence-corrected chi connectivity index (χ4v) is 3.06. The van der Waals surface area contributed by atoms with Gasteiger partial charge >= 0.3 is 0 Å². The first-order chi connectivity index (χ1) is 11.9. The zero-order valence-corrected chi connectivity index (χ0v) is 14.1. The Balaban J connectivity index is 2.18. The van der Waals surface area contributed by atoms with Gasteiger partial charge in [0.05, 0.1) is 11.6 Å². The number of ketones is 1. The van der Waals surface area contributed by atoms with Crippen LogP contribution in [0.1, 0.15) is 24.9 Å². The van der Waals surface area contributed by atoms with E-state index in [1.807, 2.05) is 0 Å². The summed E-state index contributed by atoms with van der Waals surface area (Å²) < 4.78 is 13.7. The number of rotatable bonds is 4. The molecule has 0 bridgehead atoms. The summed E-state index contributed by atoms with van der Waals surface area (Å²) in [6.45, 7) is 1.65. The monoisotopic (exact) mass is 359 g/mol. The molecule has 1 heterocycles. The molecule has 3 rings (SSSR count). The lowest BCUT2D eigenvalue weighted by atomic mass is 9.95. The van der Waals surface area contributed by atoms with E-state index < -0.39 is 23.5 Å². The highest BCUT2D eigenvalue weighted by Gasteiger charge is 2.43. The van der Waals surface area contributed by atoms with Crippen molar-refractivity contribution >= 4 is 29.0 Å². The van der Waals surface area contributed by atoms with Crippen molar-refractivity contribution in [2.24, 2.45) is 0 Å². The molecular weight excluding hydrogens is 345 g/mol. The Hall–Kier alpha value is -2.66. The van der Waals surface area contributed by atoms with E-state index in [-0.39, 0.29) is 23.5 Å². The molecule has 0 radical (unpaired) electrons. The quantitative estimate of drug-likeness (QED) is 0.882. The maximum atomic E-state index is 13.7. The number of Topliss-reactive ketones (excluding diaryl/α,β-unsaturated/α-hetero) is 1. The molecule has 1 N–H and O–H groups in total. The van der Waals surface area contributed by atoms with Crippen LogP contribution in [-0.4, -0.2) is 16.8 Å². The number of halogens is 2. The van der Waals surface area contributed by atoms with Gasteiger partial charge in [-0.1, -0.05) is 36.7 Å². The first-order valence-electron chi connectivity index (χ1n) is 7.75. The Kier molecular flexibility index (Phi) is 4.59. The number of carbonyl (C=O) groups is 2. The van der Waals surface area contributed by atoms with Gasteiger partial charge in [0.1, 0.15) is 5.82 Å². The molecule has 1 aliphatic heterocycles. The van der Waals surface area contributed by atoms with Gasteiger partial charge in [-0.25, -0.2) is 4.39 Å². The highest BCUT2D eigenvalue weighted by molar-refractivity contribution is 6.30. The van der Waals surface area contributed by atoms with Gasteiger partial charge in [-0.2, -0.15) is 0 Å². The van der Waals surface area contributed by atoms with Gasteiger partial charge in [0, 0.05) is 17.1 Å². The molecule has 2 aromatic carbocycles. The standard InChI is InChI=1S/C19H15ClFNO3/c1-2-15(23)16-17(11-6-8-12(20)9-7-11)22(19(25)18(16)24)14-5-3-4-13(21)10-14/h3-10,17,24H,2H2,1H3. The average molecular weight is 360 g/mol.